The molecule has 0 spiro atoms. The van der Waals surface area contributed by atoms with Gasteiger partial charge in [0.25, 0.3) is 0 Å². The van der Waals surface area contributed by atoms with Gasteiger partial charge >= 0.3 is 0 Å². The Balaban J connectivity index is 0.00000243. The summed E-state index contributed by atoms with van der Waals surface area (Å²) in [5.41, 5.74) is 1.97. The second-order valence-electron chi connectivity index (χ2n) is 6.24. The maximum absolute atomic E-state index is 13.6. The van der Waals surface area contributed by atoms with E-state index >= 15 is 0 Å². The van der Waals surface area contributed by atoms with Crippen molar-refractivity contribution in [3.63, 3.8) is 0 Å². The molecule has 1 atom stereocenters. The summed E-state index contributed by atoms with van der Waals surface area (Å²) in [5.74, 6) is -3.59. The van der Waals surface area contributed by atoms with Crippen LogP contribution in [-0.2, 0) is 6.42 Å². The van der Waals surface area contributed by atoms with Gasteiger partial charge in [0.1, 0.15) is 0 Å². The Morgan fingerprint density at radius 3 is 2.62 bits per heavy atom. The number of aryl methyl sites for hydroxylation is 1. The molecule has 0 amide bonds. The van der Waals surface area contributed by atoms with Gasteiger partial charge in [0.15, 0.2) is 17.5 Å². The Kier molecular flexibility index (Phi) is 7.09. The van der Waals surface area contributed by atoms with Crippen molar-refractivity contribution in [2.75, 3.05) is 6.54 Å². The molecule has 0 aliphatic carbocycles. The molecule has 0 aliphatic heterocycles. The van der Waals surface area contributed by atoms with E-state index in [9.17, 15) is 13.2 Å². The summed E-state index contributed by atoms with van der Waals surface area (Å²) in [7, 11) is 0. The largest absolute Gasteiger partial charge is 0.310 e. The van der Waals surface area contributed by atoms with Crippen molar-refractivity contribution in [1.82, 2.24) is 5.32 Å². The maximum atomic E-state index is 13.6. The van der Waals surface area contributed by atoms with E-state index in [-0.39, 0.29) is 24.0 Å². The first kappa shape index (κ1) is 20.7. The highest BCUT2D eigenvalue weighted by atomic mass is 35.5. The first-order valence-corrected chi connectivity index (χ1v) is 9.19. The van der Waals surface area contributed by atoms with Crippen LogP contribution in [0.25, 0.3) is 10.1 Å². The first-order chi connectivity index (χ1) is 12.0. The van der Waals surface area contributed by atoms with Crippen LogP contribution >= 0.6 is 23.7 Å². The first-order valence-electron chi connectivity index (χ1n) is 8.31. The fourth-order valence-electron chi connectivity index (χ4n) is 3.04. The summed E-state index contributed by atoms with van der Waals surface area (Å²) >= 11 is 1.73. The van der Waals surface area contributed by atoms with Gasteiger partial charge in [-0.3, -0.25) is 0 Å². The van der Waals surface area contributed by atoms with Gasteiger partial charge in [0.2, 0.25) is 0 Å². The van der Waals surface area contributed by atoms with Gasteiger partial charge in [-0.15, -0.1) is 23.7 Å². The Morgan fingerprint density at radius 1 is 1.12 bits per heavy atom. The van der Waals surface area contributed by atoms with Gasteiger partial charge in [0.05, 0.1) is 0 Å². The number of thiophene rings is 1. The molecule has 6 heteroatoms. The van der Waals surface area contributed by atoms with Gasteiger partial charge in [0, 0.05) is 10.7 Å². The molecule has 26 heavy (non-hydrogen) atoms. The summed E-state index contributed by atoms with van der Waals surface area (Å²) in [4.78, 5) is 0. The predicted molar refractivity (Wildman–Crippen MR) is 105 cm³/mol. The van der Waals surface area contributed by atoms with E-state index in [2.05, 4.69) is 29.8 Å². The van der Waals surface area contributed by atoms with Gasteiger partial charge in [-0.25, -0.2) is 13.2 Å². The van der Waals surface area contributed by atoms with Crippen molar-refractivity contribution in [3.05, 3.63) is 69.9 Å². The van der Waals surface area contributed by atoms with Gasteiger partial charge in [-0.05, 0) is 72.8 Å². The molecule has 0 saturated heterocycles. The number of hydrogen-bond donors (Lipinski definition) is 1. The second-order valence-corrected chi connectivity index (χ2v) is 7.15. The molecule has 0 radical (unpaired) electrons. The highest BCUT2D eigenvalue weighted by molar-refractivity contribution is 7.17. The van der Waals surface area contributed by atoms with Crippen LogP contribution in [0, 0.1) is 24.4 Å². The van der Waals surface area contributed by atoms with Gasteiger partial charge < -0.3 is 5.32 Å². The normalized spacial score (nSPS) is 12.2. The SMILES string of the molecule is Cc1c(CCCNC(C)c2csc3ccccc23)cc(F)c(F)c1F.Cl. The van der Waals surface area contributed by atoms with Crippen molar-refractivity contribution < 1.29 is 13.2 Å². The summed E-state index contributed by atoms with van der Waals surface area (Å²) in [5, 5.41) is 6.87. The van der Waals surface area contributed by atoms with E-state index in [1.54, 1.807) is 11.3 Å². The zero-order valence-electron chi connectivity index (χ0n) is 14.6. The van der Waals surface area contributed by atoms with Crippen LogP contribution < -0.4 is 5.32 Å². The lowest BCUT2D eigenvalue weighted by Crippen LogP contribution is -2.20. The molecule has 1 nitrogen and oxygen atoms in total. The molecule has 0 bridgehead atoms. The Hall–Kier alpha value is -1.56. The number of fused-ring (bicyclic) bond motifs is 1. The average molecular weight is 400 g/mol. The Morgan fingerprint density at radius 2 is 1.85 bits per heavy atom. The quantitative estimate of drug-likeness (QED) is 0.377. The third kappa shape index (κ3) is 4.22. The van der Waals surface area contributed by atoms with Gasteiger partial charge in [-0.1, -0.05) is 18.2 Å². The number of nitrogens with one attached hydrogen (secondary N) is 1. The molecule has 3 aromatic rings. The highest BCUT2D eigenvalue weighted by Crippen LogP contribution is 2.30. The molecule has 140 valence electrons. The van der Waals surface area contributed by atoms with Crippen LogP contribution in [0.2, 0.25) is 0 Å². The maximum Gasteiger partial charge on any atom is 0.194 e. The van der Waals surface area contributed by atoms with E-state index in [1.165, 1.54) is 22.6 Å². The van der Waals surface area contributed by atoms with Crippen LogP contribution in [0.5, 0.6) is 0 Å². The van der Waals surface area contributed by atoms with Crippen LogP contribution in [0.3, 0.4) is 0 Å². The molecule has 2 aromatic carbocycles. The average Bonchev–Trinajstić information content (AvgIpc) is 3.05. The summed E-state index contributed by atoms with van der Waals surface area (Å²) in [6, 6.07) is 9.58. The smallest absolute Gasteiger partial charge is 0.194 e. The molecule has 0 saturated carbocycles. The lowest BCUT2D eigenvalue weighted by Gasteiger charge is -2.14. The van der Waals surface area contributed by atoms with Crippen LogP contribution in [0.1, 0.15) is 36.1 Å². The molecule has 1 heterocycles. The molecule has 0 fully saturated rings. The molecule has 1 N–H and O–H groups in total. The summed E-state index contributed by atoms with van der Waals surface area (Å²) in [6.45, 7) is 4.31. The summed E-state index contributed by atoms with van der Waals surface area (Å²) < 4.78 is 41.4. The predicted octanol–water partition coefficient (Wildman–Crippen LogP) is 6.33. The summed E-state index contributed by atoms with van der Waals surface area (Å²) in [6.07, 6.45) is 1.22. The molecule has 1 unspecified atom stereocenters. The lowest BCUT2D eigenvalue weighted by atomic mass is 10.0. The van der Waals surface area contributed by atoms with Crippen molar-refractivity contribution in [2.24, 2.45) is 0 Å². The highest BCUT2D eigenvalue weighted by Gasteiger charge is 2.15. The van der Waals surface area contributed by atoms with E-state index in [4.69, 9.17) is 0 Å². The minimum Gasteiger partial charge on any atom is -0.310 e. The minimum absolute atomic E-state index is 0. The Labute approximate surface area is 161 Å². The second kappa shape index (κ2) is 8.89. The topological polar surface area (TPSA) is 12.0 Å². The molecule has 0 aliphatic rings. The fraction of sp³-hybridized carbons (Fsp3) is 0.300. The number of hydrogen-bond acceptors (Lipinski definition) is 2. The zero-order valence-corrected chi connectivity index (χ0v) is 16.2. The van der Waals surface area contributed by atoms with E-state index in [0.29, 0.717) is 18.5 Å². The molecular formula is C20H21ClF3NS. The van der Waals surface area contributed by atoms with Crippen molar-refractivity contribution >= 4 is 33.8 Å². The minimum atomic E-state index is -1.39. The third-order valence-corrected chi connectivity index (χ3v) is 5.55. The Bertz CT molecular complexity index is 894. The third-order valence-electron chi connectivity index (χ3n) is 4.57. The monoisotopic (exact) mass is 399 g/mol. The number of rotatable bonds is 6. The van der Waals surface area contributed by atoms with Crippen molar-refractivity contribution in [2.45, 2.75) is 32.7 Å². The number of halogens is 4. The fourth-order valence-corrected chi connectivity index (χ4v) is 4.09. The molecular weight excluding hydrogens is 379 g/mol. The molecule has 3 rings (SSSR count). The van der Waals surface area contributed by atoms with Crippen LogP contribution in [-0.4, -0.2) is 6.54 Å². The van der Waals surface area contributed by atoms with Crippen LogP contribution in [0.15, 0.2) is 35.7 Å². The van der Waals surface area contributed by atoms with E-state index in [0.717, 1.165) is 12.5 Å². The standard InChI is InChI=1S/C20H20F3NS.ClH/c1-12-14(10-17(21)20(23)19(12)22)6-5-9-24-13(2)16-11-25-18-8-4-3-7-15(16)18;/h3-4,7-8,10-11,13,24H,5-6,9H2,1-2H3;1H. The van der Waals surface area contributed by atoms with E-state index in [1.807, 2.05) is 12.1 Å². The van der Waals surface area contributed by atoms with Gasteiger partial charge in [-0.2, -0.15) is 0 Å². The van der Waals surface area contributed by atoms with Crippen molar-refractivity contribution in [3.8, 4) is 0 Å². The molecule has 1 aromatic heterocycles. The lowest BCUT2D eigenvalue weighted by molar-refractivity contribution is 0.440. The number of benzene rings is 2. The van der Waals surface area contributed by atoms with Crippen molar-refractivity contribution in [1.29, 1.82) is 0 Å². The zero-order chi connectivity index (χ0) is 18.0. The van der Waals surface area contributed by atoms with E-state index < -0.39 is 17.5 Å². The van der Waals surface area contributed by atoms with Crippen LogP contribution in [0.4, 0.5) is 13.2 Å².